The molecule has 0 aliphatic heterocycles. The van der Waals surface area contributed by atoms with Crippen LogP contribution < -0.4 is 10.9 Å². The zero-order chi connectivity index (χ0) is 20.2. The van der Waals surface area contributed by atoms with Crippen molar-refractivity contribution in [3.05, 3.63) is 82.4 Å². The lowest BCUT2D eigenvalue weighted by Gasteiger charge is -2.07. The molecule has 0 saturated heterocycles. The standard InChI is InChI=1S/C22H20N4O3/c1-15-6-5-7-16(12-15)13-23-18(27)10-11-26-14-24-20-19(17-8-3-2-4-9-17)25-29-21(20)22(26)28/h2-9,12,14H,10-11,13H2,1H3,(H,23,27). The quantitative estimate of drug-likeness (QED) is 0.548. The minimum atomic E-state index is -0.351. The predicted octanol–water partition coefficient (Wildman–Crippen LogP) is 3.07. The van der Waals surface area contributed by atoms with Crippen LogP contribution in [0.25, 0.3) is 22.4 Å². The summed E-state index contributed by atoms with van der Waals surface area (Å²) in [6, 6.07) is 17.4. The molecule has 4 aromatic rings. The fourth-order valence-electron chi connectivity index (χ4n) is 3.13. The highest BCUT2D eigenvalue weighted by Crippen LogP contribution is 2.23. The van der Waals surface area contributed by atoms with E-state index in [0.717, 1.165) is 16.7 Å². The topological polar surface area (TPSA) is 90.0 Å². The van der Waals surface area contributed by atoms with Crippen molar-refractivity contribution in [3.63, 3.8) is 0 Å². The first-order chi connectivity index (χ1) is 14.1. The van der Waals surface area contributed by atoms with E-state index >= 15 is 0 Å². The highest BCUT2D eigenvalue weighted by atomic mass is 16.5. The van der Waals surface area contributed by atoms with Gasteiger partial charge in [-0.1, -0.05) is 65.3 Å². The molecule has 7 heteroatoms. The molecule has 146 valence electrons. The summed E-state index contributed by atoms with van der Waals surface area (Å²) in [7, 11) is 0. The Morgan fingerprint density at radius 2 is 1.97 bits per heavy atom. The van der Waals surface area contributed by atoms with Gasteiger partial charge in [0.1, 0.15) is 11.2 Å². The van der Waals surface area contributed by atoms with Crippen LogP contribution in [0.15, 0.2) is 70.2 Å². The molecule has 29 heavy (non-hydrogen) atoms. The Kier molecular flexibility index (Phi) is 5.20. The van der Waals surface area contributed by atoms with Crippen LogP contribution in [-0.2, 0) is 17.9 Å². The van der Waals surface area contributed by atoms with Gasteiger partial charge in [-0.15, -0.1) is 0 Å². The van der Waals surface area contributed by atoms with Gasteiger partial charge in [-0.3, -0.25) is 14.2 Å². The molecule has 2 heterocycles. The van der Waals surface area contributed by atoms with Crippen LogP contribution in [0.3, 0.4) is 0 Å². The molecule has 0 spiro atoms. The van der Waals surface area contributed by atoms with Gasteiger partial charge >= 0.3 is 0 Å². The molecular weight excluding hydrogens is 368 g/mol. The first-order valence-corrected chi connectivity index (χ1v) is 9.34. The maximum Gasteiger partial charge on any atom is 0.299 e. The fraction of sp³-hybridized carbons (Fsp3) is 0.182. The third kappa shape index (κ3) is 4.08. The lowest BCUT2D eigenvalue weighted by molar-refractivity contribution is -0.121. The summed E-state index contributed by atoms with van der Waals surface area (Å²) in [5.74, 6) is -0.138. The van der Waals surface area contributed by atoms with Gasteiger partial charge in [0.05, 0.1) is 6.33 Å². The van der Waals surface area contributed by atoms with Crippen molar-refractivity contribution < 1.29 is 9.32 Å². The number of fused-ring (bicyclic) bond motifs is 1. The van der Waals surface area contributed by atoms with Crippen LogP contribution in [0.2, 0.25) is 0 Å². The van der Waals surface area contributed by atoms with E-state index in [4.69, 9.17) is 4.52 Å². The Morgan fingerprint density at radius 3 is 2.76 bits per heavy atom. The fourth-order valence-corrected chi connectivity index (χ4v) is 3.13. The van der Waals surface area contributed by atoms with Crippen molar-refractivity contribution >= 4 is 17.0 Å². The molecule has 0 aliphatic rings. The molecule has 1 N–H and O–H groups in total. The molecule has 0 bridgehead atoms. The second-order valence-electron chi connectivity index (χ2n) is 6.83. The van der Waals surface area contributed by atoms with E-state index in [-0.39, 0.29) is 30.0 Å². The minimum absolute atomic E-state index is 0.0894. The monoisotopic (exact) mass is 388 g/mol. The molecule has 0 saturated carbocycles. The van der Waals surface area contributed by atoms with Crippen molar-refractivity contribution in [3.8, 4) is 11.3 Å². The number of hydrogen-bond donors (Lipinski definition) is 1. The summed E-state index contributed by atoms with van der Waals surface area (Å²) in [5, 5.41) is 6.87. The molecule has 7 nitrogen and oxygen atoms in total. The van der Waals surface area contributed by atoms with Gasteiger partial charge in [0.2, 0.25) is 5.91 Å². The number of rotatable bonds is 6. The third-order valence-electron chi connectivity index (χ3n) is 4.65. The van der Waals surface area contributed by atoms with E-state index in [2.05, 4.69) is 15.5 Å². The number of carbonyl (C=O) groups excluding carboxylic acids is 1. The highest BCUT2D eigenvalue weighted by molar-refractivity contribution is 5.87. The van der Waals surface area contributed by atoms with E-state index in [0.29, 0.717) is 17.8 Å². The SMILES string of the molecule is Cc1cccc(CNC(=O)CCn2cnc3c(-c4ccccc4)noc3c2=O)c1. The van der Waals surface area contributed by atoms with Gasteiger partial charge < -0.3 is 9.84 Å². The van der Waals surface area contributed by atoms with Gasteiger partial charge in [0.25, 0.3) is 11.1 Å². The van der Waals surface area contributed by atoms with E-state index in [1.54, 1.807) is 0 Å². The Labute approximate surface area is 167 Å². The van der Waals surface area contributed by atoms with Gasteiger partial charge in [-0.25, -0.2) is 4.98 Å². The molecular formula is C22H20N4O3. The number of aryl methyl sites for hydroxylation is 2. The first-order valence-electron chi connectivity index (χ1n) is 9.34. The van der Waals surface area contributed by atoms with Gasteiger partial charge in [0, 0.05) is 25.1 Å². The number of carbonyl (C=O) groups is 1. The molecule has 0 unspecified atom stereocenters. The number of hydrogen-bond acceptors (Lipinski definition) is 5. The van der Waals surface area contributed by atoms with Crippen molar-refractivity contribution in [1.29, 1.82) is 0 Å². The number of amides is 1. The van der Waals surface area contributed by atoms with Crippen LogP contribution >= 0.6 is 0 Å². The molecule has 0 fully saturated rings. The van der Waals surface area contributed by atoms with Crippen LogP contribution in [0.4, 0.5) is 0 Å². The molecule has 0 aliphatic carbocycles. The van der Waals surface area contributed by atoms with Gasteiger partial charge in [-0.2, -0.15) is 0 Å². The second kappa shape index (κ2) is 8.10. The average molecular weight is 388 g/mol. The molecule has 4 rings (SSSR count). The van der Waals surface area contributed by atoms with Crippen LogP contribution in [-0.4, -0.2) is 20.6 Å². The van der Waals surface area contributed by atoms with Gasteiger partial charge in [-0.05, 0) is 12.5 Å². The molecule has 1 amide bonds. The molecule has 2 aromatic heterocycles. The highest BCUT2D eigenvalue weighted by Gasteiger charge is 2.16. The lowest BCUT2D eigenvalue weighted by atomic mass is 10.1. The number of aromatic nitrogens is 3. The Bertz CT molecular complexity index is 1210. The molecule has 2 aromatic carbocycles. The van der Waals surface area contributed by atoms with Crippen molar-refractivity contribution in [2.24, 2.45) is 0 Å². The minimum Gasteiger partial charge on any atom is -0.352 e. The third-order valence-corrected chi connectivity index (χ3v) is 4.65. The maximum atomic E-state index is 12.7. The lowest BCUT2D eigenvalue weighted by Crippen LogP contribution is -2.27. The van der Waals surface area contributed by atoms with E-state index in [1.807, 2.05) is 61.5 Å². The van der Waals surface area contributed by atoms with Crippen LogP contribution in [0.5, 0.6) is 0 Å². The summed E-state index contributed by atoms with van der Waals surface area (Å²) in [5.41, 5.74) is 3.69. The smallest absolute Gasteiger partial charge is 0.299 e. The summed E-state index contributed by atoms with van der Waals surface area (Å²) in [6.07, 6.45) is 1.60. The Morgan fingerprint density at radius 1 is 1.14 bits per heavy atom. The number of nitrogens with zero attached hydrogens (tertiary/aromatic N) is 3. The summed E-state index contributed by atoms with van der Waals surface area (Å²) >= 11 is 0. The Balaban J connectivity index is 1.44. The van der Waals surface area contributed by atoms with E-state index < -0.39 is 0 Å². The van der Waals surface area contributed by atoms with Crippen LogP contribution in [0.1, 0.15) is 17.5 Å². The summed E-state index contributed by atoms with van der Waals surface area (Å²) in [6.45, 7) is 2.67. The number of benzene rings is 2. The van der Waals surface area contributed by atoms with Crippen molar-refractivity contribution in [2.45, 2.75) is 26.4 Å². The first kappa shape index (κ1) is 18.6. The zero-order valence-electron chi connectivity index (χ0n) is 16.0. The largest absolute Gasteiger partial charge is 0.352 e. The van der Waals surface area contributed by atoms with E-state index in [9.17, 15) is 9.59 Å². The van der Waals surface area contributed by atoms with Crippen LogP contribution in [0, 0.1) is 6.92 Å². The zero-order valence-corrected chi connectivity index (χ0v) is 16.0. The molecule has 0 atom stereocenters. The van der Waals surface area contributed by atoms with E-state index in [1.165, 1.54) is 10.9 Å². The predicted molar refractivity (Wildman–Crippen MR) is 109 cm³/mol. The van der Waals surface area contributed by atoms with Gasteiger partial charge in [0.15, 0.2) is 0 Å². The van der Waals surface area contributed by atoms with Crippen molar-refractivity contribution in [1.82, 2.24) is 20.0 Å². The summed E-state index contributed by atoms with van der Waals surface area (Å²) < 4.78 is 6.62. The maximum absolute atomic E-state index is 12.7. The number of nitrogens with one attached hydrogen (secondary N) is 1. The second-order valence-corrected chi connectivity index (χ2v) is 6.83. The average Bonchev–Trinajstić information content (AvgIpc) is 3.17. The molecule has 0 radical (unpaired) electrons. The normalized spacial score (nSPS) is 10.9. The van der Waals surface area contributed by atoms with Crippen molar-refractivity contribution in [2.75, 3.05) is 0 Å². The summed E-state index contributed by atoms with van der Waals surface area (Å²) in [4.78, 5) is 29.2. The Hall–Kier alpha value is -3.74.